The van der Waals surface area contributed by atoms with Crippen LogP contribution in [0, 0.1) is 5.92 Å². The van der Waals surface area contributed by atoms with E-state index in [-0.39, 0.29) is 11.2 Å². The Morgan fingerprint density at radius 1 is 0.854 bits per heavy atom. The molecule has 7 rings (SSSR count). The summed E-state index contributed by atoms with van der Waals surface area (Å²) in [5.74, 6) is 1.54. The van der Waals surface area contributed by atoms with E-state index in [0.717, 1.165) is 78.7 Å². The van der Waals surface area contributed by atoms with Crippen LogP contribution in [0.2, 0.25) is 19.6 Å². The van der Waals surface area contributed by atoms with Gasteiger partial charge in [0, 0.05) is 40.7 Å². The molecular formula is C42H45N3O2Si. The Labute approximate surface area is 284 Å². The Hall–Kier alpha value is -4.68. The van der Waals surface area contributed by atoms with Crippen LogP contribution >= 0.6 is 0 Å². The lowest BCUT2D eigenvalue weighted by Crippen LogP contribution is -2.40. The lowest BCUT2D eigenvalue weighted by Gasteiger charge is -2.22. The molecule has 6 heteroatoms. The van der Waals surface area contributed by atoms with Crippen LogP contribution in [0.4, 0.5) is 0 Å². The number of aromatic nitrogens is 3. The molecule has 0 radical (unpaired) electrons. The van der Waals surface area contributed by atoms with E-state index < -0.39 is 8.07 Å². The molecule has 0 aliphatic heterocycles. The number of aromatic hydroxyl groups is 1. The maximum absolute atomic E-state index is 11.5. The molecule has 0 unspecified atom stereocenters. The van der Waals surface area contributed by atoms with Gasteiger partial charge in [-0.15, -0.1) is 0 Å². The van der Waals surface area contributed by atoms with Gasteiger partial charge in [0.05, 0.1) is 30.4 Å². The molecule has 5 nitrogen and oxygen atoms in total. The fourth-order valence-electron chi connectivity index (χ4n) is 7.12. The second kappa shape index (κ2) is 11.5. The van der Waals surface area contributed by atoms with Crippen molar-refractivity contribution in [3.05, 3.63) is 96.2 Å². The number of fused-ring (bicyclic) bond motifs is 4. The van der Waals surface area contributed by atoms with Gasteiger partial charge in [0.25, 0.3) is 0 Å². The van der Waals surface area contributed by atoms with Crippen LogP contribution in [0.15, 0.2) is 89.5 Å². The quantitative estimate of drug-likeness (QED) is 0.182. The second-order valence-corrected chi connectivity index (χ2v) is 20.7. The minimum Gasteiger partial charge on any atom is -0.507 e. The molecule has 0 aliphatic carbocycles. The van der Waals surface area contributed by atoms with Gasteiger partial charge in [0.2, 0.25) is 0 Å². The standard InChI is InChI=1S/C42H45N3O2Si/c1-25(2)20-27-23-34(43-24-37(27)48(7,8)9)26-21-31-28-14-10-11-19-36(28)47-40(31)32(22-26)29-15-13-18-35-38(29)44-41(45(35)6)30-16-12-17-33(39(30)46)42(3,4)5/h10-19,21-25,46H,20H2,1-9H3. The molecule has 3 aromatic heterocycles. The Kier molecular flexibility index (Phi) is 7.63. The van der Waals surface area contributed by atoms with E-state index >= 15 is 0 Å². The summed E-state index contributed by atoms with van der Waals surface area (Å²) in [7, 11) is 0.432. The zero-order chi connectivity index (χ0) is 34.1. The van der Waals surface area contributed by atoms with E-state index in [1.807, 2.05) is 37.4 Å². The SMILES string of the molecule is CC(C)Cc1cc(-c2cc(-c3cccc4c3nc(-c3cccc(C(C)(C)C)c3O)n4C)c3oc4ccccc4c3c2)ncc1[Si](C)(C)C. The molecule has 0 atom stereocenters. The molecule has 0 bridgehead atoms. The number of benzene rings is 4. The monoisotopic (exact) mass is 651 g/mol. The van der Waals surface area contributed by atoms with Crippen molar-refractivity contribution in [1.82, 2.24) is 14.5 Å². The highest BCUT2D eigenvalue weighted by Crippen LogP contribution is 2.43. The van der Waals surface area contributed by atoms with Crippen LogP contribution in [0.1, 0.15) is 45.7 Å². The number of imidazole rings is 1. The van der Waals surface area contributed by atoms with Gasteiger partial charge in [-0.05, 0) is 70.5 Å². The molecule has 244 valence electrons. The Bertz CT molecular complexity index is 2350. The van der Waals surface area contributed by atoms with Gasteiger partial charge in [0.1, 0.15) is 22.7 Å². The highest BCUT2D eigenvalue weighted by atomic mass is 28.3. The predicted molar refractivity (Wildman–Crippen MR) is 204 cm³/mol. The summed E-state index contributed by atoms with van der Waals surface area (Å²) in [6, 6.07) is 27.3. The normalized spacial score (nSPS) is 12.6. The first-order valence-corrected chi connectivity index (χ1v) is 20.5. The number of hydrogen-bond acceptors (Lipinski definition) is 4. The Balaban J connectivity index is 1.49. The summed E-state index contributed by atoms with van der Waals surface area (Å²) in [5.41, 5.74) is 10.3. The van der Waals surface area contributed by atoms with Crippen molar-refractivity contribution < 1.29 is 9.52 Å². The van der Waals surface area contributed by atoms with Crippen molar-refractivity contribution in [2.45, 2.75) is 66.1 Å². The Morgan fingerprint density at radius 3 is 2.31 bits per heavy atom. The average Bonchev–Trinajstić information content (AvgIpc) is 3.57. The van der Waals surface area contributed by atoms with E-state index in [2.05, 4.69) is 114 Å². The number of phenolic OH excluding ortho intramolecular Hbond substituents is 1. The fourth-order valence-corrected chi connectivity index (χ4v) is 8.71. The molecule has 4 aromatic carbocycles. The van der Waals surface area contributed by atoms with Crippen molar-refractivity contribution in [1.29, 1.82) is 0 Å². The zero-order valence-electron chi connectivity index (χ0n) is 29.6. The van der Waals surface area contributed by atoms with Crippen LogP contribution in [0.5, 0.6) is 5.75 Å². The zero-order valence-corrected chi connectivity index (χ0v) is 30.6. The number of rotatable bonds is 6. The van der Waals surface area contributed by atoms with Crippen molar-refractivity contribution in [2.75, 3.05) is 0 Å². The molecule has 3 heterocycles. The van der Waals surface area contributed by atoms with Gasteiger partial charge in [-0.25, -0.2) is 4.98 Å². The van der Waals surface area contributed by atoms with Crippen LogP contribution in [-0.4, -0.2) is 27.7 Å². The number of hydrogen-bond donors (Lipinski definition) is 1. The van der Waals surface area contributed by atoms with E-state index in [0.29, 0.717) is 5.92 Å². The van der Waals surface area contributed by atoms with Gasteiger partial charge in [-0.2, -0.15) is 0 Å². The maximum Gasteiger partial charge on any atom is 0.144 e. The van der Waals surface area contributed by atoms with Crippen molar-refractivity contribution in [3.63, 3.8) is 0 Å². The molecular weight excluding hydrogens is 607 g/mol. The van der Waals surface area contributed by atoms with Gasteiger partial charge in [0.15, 0.2) is 0 Å². The third-order valence-corrected chi connectivity index (χ3v) is 11.6. The smallest absolute Gasteiger partial charge is 0.144 e. The summed E-state index contributed by atoms with van der Waals surface area (Å²) in [5, 5.41) is 15.0. The predicted octanol–water partition coefficient (Wildman–Crippen LogP) is 10.6. The van der Waals surface area contributed by atoms with Gasteiger partial charge < -0.3 is 14.1 Å². The number of pyridine rings is 1. The van der Waals surface area contributed by atoms with Crippen LogP contribution in [-0.2, 0) is 18.9 Å². The largest absolute Gasteiger partial charge is 0.507 e. The second-order valence-electron chi connectivity index (χ2n) is 15.7. The lowest BCUT2D eigenvalue weighted by atomic mass is 9.85. The Morgan fingerprint density at radius 2 is 1.58 bits per heavy atom. The minimum absolute atomic E-state index is 0.209. The first-order chi connectivity index (χ1) is 22.7. The maximum atomic E-state index is 11.5. The van der Waals surface area contributed by atoms with E-state index in [1.165, 1.54) is 10.8 Å². The number of para-hydroxylation sites is 3. The average molecular weight is 652 g/mol. The number of nitrogens with zero attached hydrogens (tertiary/aromatic N) is 3. The summed E-state index contributed by atoms with van der Waals surface area (Å²) in [6.45, 7) is 18.1. The number of furan rings is 1. The fraction of sp³-hybridized carbons (Fsp3) is 0.286. The third kappa shape index (κ3) is 5.42. The van der Waals surface area contributed by atoms with Gasteiger partial charge >= 0.3 is 0 Å². The highest BCUT2D eigenvalue weighted by molar-refractivity contribution is 6.89. The van der Waals surface area contributed by atoms with Crippen LogP contribution in [0.3, 0.4) is 0 Å². The van der Waals surface area contributed by atoms with E-state index in [9.17, 15) is 5.11 Å². The third-order valence-electron chi connectivity index (χ3n) is 9.49. The molecule has 1 N–H and O–H groups in total. The molecule has 0 aliphatic rings. The summed E-state index contributed by atoms with van der Waals surface area (Å²) < 4.78 is 8.70. The summed E-state index contributed by atoms with van der Waals surface area (Å²) >= 11 is 0. The molecule has 48 heavy (non-hydrogen) atoms. The van der Waals surface area contributed by atoms with Crippen molar-refractivity contribution in [2.24, 2.45) is 13.0 Å². The molecule has 0 fully saturated rings. The number of phenols is 1. The molecule has 0 saturated carbocycles. The van der Waals surface area contributed by atoms with Gasteiger partial charge in [-0.1, -0.05) is 96.7 Å². The van der Waals surface area contributed by atoms with E-state index in [1.54, 1.807) is 0 Å². The van der Waals surface area contributed by atoms with Crippen molar-refractivity contribution in [3.8, 4) is 39.5 Å². The van der Waals surface area contributed by atoms with Crippen LogP contribution < -0.4 is 5.19 Å². The molecule has 7 aromatic rings. The lowest BCUT2D eigenvalue weighted by molar-refractivity contribution is 0.448. The summed E-state index contributed by atoms with van der Waals surface area (Å²) in [6.07, 6.45) is 3.17. The summed E-state index contributed by atoms with van der Waals surface area (Å²) in [4.78, 5) is 10.3. The first-order valence-electron chi connectivity index (χ1n) is 17.0. The molecule has 0 spiro atoms. The van der Waals surface area contributed by atoms with Crippen LogP contribution in [0.25, 0.3) is 66.7 Å². The minimum atomic E-state index is -1.59. The first kappa shape index (κ1) is 31.9. The molecule has 0 amide bonds. The number of aryl methyl sites for hydroxylation is 1. The van der Waals surface area contributed by atoms with E-state index in [4.69, 9.17) is 14.4 Å². The molecule has 0 saturated heterocycles. The highest BCUT2D eigenvalue weighted by Gasteiger charge is 2.25. The topological polar surface area (TPSA) is 64.1 Å². The van der Waals surface area contributed by atoms with Gasteiger partial charge in [-0.3, -0.25) is 4.98 Å². The van der Waals surface area contributed by atoms with Crippen molar-refractivity contribution >= 4 is 46.2 Å².